The number of ether oxygens (including phenoxy) is 1. The fraction of sp³-hybridized carbons (Fsp3) is 0.548. The standard InChI is InChI=1S/C42H65NO5/c1-3-5-7-9-11-13-15-16-17-18-19-20-22-24-26-28-33-37-42(47)48-39(35-31-29-32-36-40(44)43-38-41(45)46)34-30-27-25-23-21-14-12-10-8-6-4-2/h5-8,11-14,16-17,19-20,23,25,30,34,39H,3-4,9-10,15,18,21-22,24,26-29,31-33,35-38H2,1-2H3,(H,43,44)(H,45,46)/b7-5-,8-6-,13-11-,14-12-,17-16-,20-19-,25-23-,34-30-. The molecule has 1 unspecified atom stereocenters. The number of allylic oxidation sites excluding steroid dienone is 15. The van der Waals surface area contributed by atoms with Crippen molar-refractivity contribution >= 4 is 17.8 Å². The van der Waals surface area contributed by atoms with E-state index >= 15 is 0 Å². The van der Waals surface area contributed by atoms with Gasteiger partial charge in [0.2, 0.25) is 5.91 Å². The number of carbonyl (C=O) groups is 3. The topological polar surface area (TPSA) is 92.7 Å². The van der Waals surface area contributed by atoms with Crippen LogP contribution in [-0.4, -0.2) is 35.6 Å². The molecule has 0 aliphatic heterocycles. The van der Waals surface area contributed by atoms with Crippen molar-refractivity contribution in [1.82, 2.24) is 5.32 Å². The molecule has 1 atom stereocenters. The molecule has 0 spiro atoms. The third-order valence-electron chi connectivity index (χ3n) is 7.24. The predicted octanol–water partition coefficient (Wildman–Crippen LogP) is 11.0. The van der Waals surface area contributed by atoms with E-state index in [1.165, 1.54) is 0 Å². The molecule has 0 heterocycles. The largest absolute Gasteiger partial charge is 0.480 e. The van der Waals surface area contributed by atoms with Gasteiger partial charge in [0.15, 0.2) is 0 Å². The molecule has 0 aromatic rings. The number of carboxylic acid groups (broad SMARTS) is 1. The number of hydrogen-bond donors (Lipinski definition) is 2. The predicted molar refractivity (Wildman–Crippen MR) is 203 cm³/mol. The average Bonchev–Trinajstić information content (AvgIpc) is 3.07. The van der Waals surface area contributed by atoms with E-state index in [0.29, 0.717) is 25.7 Å². The van der Waals surface area contributed by atoms with Gasteiger partial charge >= 0.3 is 11.9 Å². The molecule has 0 saturated carbocycles. The van der Waals surface area contributed by atoms with Gasteiger partial charge in [0.05, 0.1) is 0 Å². The Bertz CT molecular complexity index is 1040. The van der Waals surface area contributed by atoms with Crippen LogP contribution in [0.1, 0.15) is 136 Å². The molecule has 48 heavy (non-hydrogen) atoms. The normalized spacial score (nSPS) is 13.2. The summed E-state index contributed by atoms with van der Waals surface area (Å²) in [5.41, 5.74) is 0. The van der Waals surface area contributed by atoms with Crippen LogP contribution in [0.2, 0.25) is 0 Å². The van der Waals surface area contributed by atoms with E-state index in [4.69, 9.17) is 9.84 Å². The van der Waals surface area contributed by atoms with Crippen LogP contribution in [-0.2, 0) is 19.1 Å². The van der Waals surface area contributed by atoms with Crippen LogP contribution in [0.4, 0.5) is 0 Å². The fourth-order valence-electron chi connectivity index (χ4n) is 4.59. The van der Waals surface area contributed by atoms with Crippen LogP contribution < -0.4 is 5.32 Å². The van der Waals surface area contributed by atoms with E-state index in [2.05, 4.69) is 110 Å². The second-order valence-electron chi connectivity index (χ2n) is 11.7. The fourth-order valence-corrected chi connectivity index (χ4v) is 4.59. The van der Waals surface area contributed by atoms with E-state index in [9.17, 15) is 14.4 Å². The highest BCUT2D eigenvalue weighted by Gasteiger charge is 2.12. The number of carboxylic acids is 1. The second-order valence-corrected chi connectivity index (χ2v) is 11.7. The van der Waals surface area contributed by atoms with Crippen LogP contribution >= 0.6 is 0 Å². The lowest BCUT2D eigenvalue weighted by Gasteiger charge is -2.14. The zero-order valence-corrected chi connectivity index (χ0v) is 30.0. The second kappa shape index (κ2) is 36.2. The highest BCUT2D eigenvalue weighted by atomic mass is 16.5. The first-order valence-corrected chi connectivity index (χ1v) is 18.4. The molecule has 0 saturated heterocycles. The number of amides is 1. The highest BCUT2D eigenvalue weighted by molar-refractivity contribution is 5.80. The number of carbonyl (C=O) groups excluding carboxylic acids is 2. The SMILES string of the molecule is CC/C=C\C/C=C\C/C=C\C/C=C\CCCCCCC(=O)OC(/C=C\C/C=C\C/C=C\C/C=C\CC)CCCCCC(=O)NCC(=O)O. The minimum atomic E-state index is -1.05. The molecule has 268 valence electrons. The summed E-state index contributed by atoms with van der Waals surface area (Å²) in [7, 11) is 0. The molecular weight excluding hydrogens is 598 g/mol. The third kappa shape index (κ3) is 35.2. The monoisotopic (exact) mass is 663 g/mol. The molecule has 0 fully saturated rings. The van der Waals surface area contributed by atoms with Crippen molar-refractivity contribution in [3.8, 4) is 0 Å². The summed E-state index contributed by atoms with van der Waals surface area (Å²) in [5.74, 6) is -1.46. The molecule has 0 aliphatic rings. The van der Waals surface area contributed by atoms with Crippen LogP contribution in [0.25, 0.3) is 0 Å². The number of aliphatic carboxylic acids is 1. The zero-order chi connectivity index (χ0) is 35.2. The lowest BCUT2D eigenvalue weighted by Crippen LogP contribution is -2.28. The van der Waals surface area contributed by atoms with Crippen molar-refractivity contribution in [2.24, 2.45) is 0 Å². The van der Waals surface area contributed by atoms with Gasteiger partial charge in [0.1, 0.15) is 12.6 Å². The van der Waals surface area contributed by atoms with Crippen LogP contribution in [0.5, 0.6) is 0 Å². The minimum Gasteiger partial charge on any atom is -0.480 e. The van der Waals surface area contributed by atoms with E-state index in [-0.39, 0.29) is 24.5 Å². The number of nitrogens with one attached hydrogen (secondary N) is 1. The maximum atomic E-state index is 12.6. The van der Waals surface area contributed by atoms with Gasteiger partial charge in [0.25, 0.3) is 0 Å². The summed E-state index contributed by atoms with van der Waals surface area (Å²) in [5, 5.41) is 11.1. The van der Waals surface area contributed by atoms with Crippen molar-refractivity contribution in [1.29, 1.82) is 0 Å². The Morgan fingerprint density at radius 1 is 0.562 bits per heavy atom. The zero-order valence-electron chi connectivity index (χ0n) is 30.0. The van der Waals surface area contributed by atoms with Gasteiger partial charge < -0.3 is 15.2 Å². The number of hydrogen-bond acceptors (Lipinski definition) is 4. The molecule has 0 bridgehead atoms. The summed E-state index contributed by atoms with van der Waals surface area (Å²) in [6.07, 6.45) is 51.0. The van der Waals surface area contributed by atoms with Crippen molar-refractivity contribution < 1.29 is 24.2 Å². The molecule has 0 radical (unpaired) electrons. The maximum Gasteiger partial charge on any atom is 0.322 e. The van der Waals surface area contributed by atoms with Crippen LogP contribution in [0, 0.1) is 0 Å². The third-order valence-corrected chi connectivity index (χ3v) is 7.24. The Hall–Kier alpha value is -3.67. The lowest BCUT2D eigenvalue weighted by molar-refractivity contribution is -0.147. The first-order chi connectivity index (χ1) is 23.5. The summed E-state index contributed by atoms with van der Waals surface area (Å²) in [4.78, 5) is 34.9. The van der Waals surface area contributed by atoms with E-state index < -0.39 is 5.97 Å². The quantitative estimate of drug-likeness (QED) is 0.0437. The lowest BCUT2D eigenvalue weighted by atomic mass is 10.1. The minimum absolute atomic E-state index is 0.158. The Morgan fingerprint density at radius 3 is 1.56 bits per heavy atom. The van der Waals surface area contributed by atoms with Gasteiger partial charge in [-0.2, -0.15) is 0 Å². The van der Waals surface area contributed by atoms with Gasteiger partial charge in [0, 0.05) is 12.8 Å². The molecule has 6 nitrogen and oxygen atoms in total. The smallest absolute Gasteiger partial charge is 0.322 e. The molecule has 6 heteroatoms. The Labute approximate surface area is 292 Å². The van der Waals surface area contributed by atoms with Crippen molar-refractivity contribution in [2.75, 3.05) is 6.54 Å². The van der Waals surface area contributed by atoms with Gasteiger partial charge in [-0.1, -0.05) is 124 Å². The van der Waals surface area contributed by atoms with Gasteiger partial charge in [-0.3, -0.25) is 14.4 Å². The van der Waals surface area contributed by atoms with E-state index in [1.54, 1.807) is 0 Å². The molecule has 0 aromatic heterocycles. The van der Waals surface area contributed by atoms with Gasteiger partial charge in [-0.05, 0) is 96.0 Å². The summed E-state index contributed by atoms with van der Waals surface area (Å²) in [6.45, 7) is 3.93. The van der Waals surface area contributed by atoms with Crippen molar-refractivity contribution in [2.45, 2.75) is 142 Å². The highest BCUT2D eigenvalue weighted by Crippen LogP contribution is 2.13. The molecule has 1 amide bonds. The number of esters is 1. The van der Waals surface area contributed by atoms with E-state index in [1.807, 2.05) is 6.08 Å². The van der Waals surface area contributed by atoms with Crippen molar-refractivity contribution in [3.63, 3.8) is 0 Å². The Balaban J connectivity index is 4.37. The Kier molecular flexibility index (Phi) is 33.4. The van der Waals surface area contributed by atoms with Crippen LogP contribution in [0.3, 0.4) is 0 Å². The summed E-state index contributed by atoms with van der Waals surface area (Å²) < 4.78 is 5.83. The van der Waals surface area contributed by atoms with Crippen molar-refractivity contribution in [3.05, 3.63) is 97.2 Å². The molecule has 0 rings (SSSR count). The van der Waals surface area contributed by atoms with Gasteiger partial charge in [-0.25, -0.2) is 0 Å². The summed E-state index contributed by atoms with van der Waals surface area (Å²) in [6, 6.07) is 0. The van der Waals surface area contributed by atoms with Gasteiger partial charge in [-0.15, -0.1) is 0 Å². The number of unbranched alkanes of at least 4 members (excludes halogenated alkanes) is 6. The molecule has 0 aliphatic carbocycles. The number of rotatable bonds is 31. The van der Waals surface area contributed by atoms with Crippen LogP contribution in [0.15, 0.2) is 97.2 Å². The first kappa shape index (κ1) is 44.3. The maximum absolute atomic E-state index is 12.6. The Morgan fingerprint density at radius 2 is 1.02 bits per heavy atom. The molecule has 0 aromatic carbocycles. The first-order valence-electron chi connectivity index (χ1n) is 18.4. The summed E-state index contributed by atoms with van der Waals surface area (Å²) >= 11 is 0. The van der Waals surface area contributed by atoms with E-state index in [0.717, 1.165) is 96.3 Å². The average molecular weight is 664 g/mol. The molecular formula is C42H65NO5. The molecule has 2 N–H and O–H groups in total.